The van der Waals surface area contributed by atoms with E-state index in [1.807, 2.05) is 6.08 Å². The van der Waals surface area contributed by atoms with Crippen LogP contribution in [-0.2, 0) is 4.79 Å². The van der Waals surface area contributed by atoms with E-state index < -0.39 is 12.1 Å². The van der Waals surface area contributed by atoms with Crippen LogP contribution >= 0.6 is 0 Å². The van der Waals surface area contributed by atoms with Gasteiger partial charge < -0.3 is 15.5 Å². The number of carbonyl (C=O) groups is 1. The number of allylic oxidation sites excluding steroid dienone is 5. The van der Waals surface area contributed by atoms with Gasteiger partial charge in [0.2, 0.25) is 5.91 Å². The first kappa shape index (κ1) is 42.6. The Balaban J connectivity index is 3.61. The van der Waals surface area contributed by atoms with Crippen LogP contribution in [0, 0.1) is 0 Å². The molecule has 0 aromatic heterocycles. The Morgan fingerprint density at radius 1 is 0.523 bits per heavy atom. The summed E-state index contributed by atoms with van der Waals surface area (Å²) in [5.41, 5.74) is 0. The molecule has 0 aliphatic rings. The van der Waals surface area contributed by atoms with Gasteiger partial charge in [0, 0.05) is 6.42 Å². The van der Waals surface area contributed by atoms with Crippen LogP contribution in [0.15, 0.2) is 36.5 Å². The molecule has 2 unspecified atom stereocenters. The van der Waals surface area contributed by atoms with E-state index in [4.69, 9.17) is 0 Å². The zero-order valence-corrected chi connectivity index (χ0v) is 29.4. The molecular weight excluding hydrogens is 542 g/mol. The molecule has 0 spiro atoms. The van der Waals surface area contributed by atoms with Gasteiger partial charge in [0.1, 0.15) is 0 Å². The fraction of sp³-hybridized carbons (Fsp3) is 0.825. The number of hydrogen-bond donors (Lipinski definition) is 3. The number of amides is 1. The molecule has 258 valence electrons. The molecule has 4 heteroatoms. The predicted molar refractivity (Wildman–Crippen MR) is 193 cm³/mol. The number of carbonyl (C=O) groups excluding carboxylic acids is 1. The molecule has 4 nitrogen and oxygen atoms in total. The minimum atomic E-state index is -0.862. The highest BCUT2D eigenvalue weighted by molar-refractivity contribution is 5.76. The molecule has 3 N–H and O–H groups in total. The van der Waals surface area contributed by atoms with Crippen molar-refractivity contribution in [2.75, 3.05) is 6.61 Å². The molecule has 0 rings (SSSR count). The normalized spacial score (nSPS) is 13.5. The number of aliphatic hydroxyl groups excluding tert-OH is 2. The first-order chi connectivity index (χ1) is 21.7. The van der Waals surface area contributed by atoms with Crippen molar-refractivity contribution in [3.05, 3.63) is 36.5 Å². The highest BCUT2D eigenvalue weighted by Gasteiger charge is 2.17. The average molecular weight is 618 g/mol. The third-order valence-electron chi connectivity index (χ3n) is 8.58. The quantitative estimate of drug-likeness (QED) is 0.0497. The fourth-order valence-electron chi connectivity index (χ4n) is 5.61. The zero-order chi connectivity index (χ0) is 32.2. The lowest BCUT2D eigenvalue weighted by Crippen LogP contribution is -2.45. The third-order valence-corrected chi connectivity index (χ3v) is 8.58. The van der Waals surface area contributed by atoms with Crippen molar-refractivity contribution in [2.45, 2.75) is 206 Å². The SMILES string of the molecule is CCC/C=C\CCCCCCCC(=O)NC(CO)C(O)/C=C/CC/C=C/CCCCCCCCCCCCCCCCCC. The van der Waals surface area contributed by atoms with Crippen molar-refractivity contribution in [3.63, 3.8) is 0 Å². The standard InChI is InChI=1S/C40H75NO3/c1-3-5-7-9-11-13-15-16-17-18-19-20-21-22-23-24-25-26-27-29-31-33-35-39(43)38(37-42)41-40(44)36-34-32-30-28-14-12-10-8-6-4-2/h8,10,26-27,33,35,38-39,42-43H,3-7,9,11-25,28-32,34,36-37H2,1-2H3,(H,41,44)/b10-8-,27-26+,35-33+. The summed E-state index contributed by atoms with van der Waals surface area (Å²) in [6.45, 7) is 4.22. The maximum atomic E-state index is 12.2. The van der Waals surface area contributed by atoms with Gasteiger partial charge in [-0.3, -0.25) is 4.79 Å². The zero-order valence-electron chi connectivity index (χ0n) is 29.4. The molecule has 0 bridgehead atoms. The third kappa shape index (κ3) is 32.0. The van der Waals surface area contributed by atoms with Gasteiger partial charge >= 0.3 is 0 Å². The Hall–Kier alpha value is -1.39. The molecule has 0 saturated heterocycles. The van der Waals surface area contributed by atoms with Crippen LogP contribution in [0.3, 0.4) is 0 Å². The molecule has 0 saturated carbocycles. The second-order valence-corrected chi connectivity index (χ2v) is 13.0. The smallest absolute Gasteiger partial charge is 0.220 e. The Labute approximate surface area is 274 Å². The molecule has 0 radical (unpaired) electrons. The van der Waals surface area contributed by atoms with Crippen molar-refractivity contribution < 1.29 is 15.0 Å². The van der Waals surface area contributed by atoms with E-state index in [0.29, 0.717) is 6.42 Å². The van der Waals surface area contributed by atoms with E-state index >= 15 is 0 Å². The van der Waals surface area contributed by atoms with Gasteiger partial charge in [-0.1, -0.05) is 172 Å². The lowest BCUT2D eigenvalue weighted by atomic mass is 10.0. The summed E-state index contributed by atoms with van der Waals surface area (Å²) in [6, 6.07) is -0.640. The maximum absolute atomic E-state index is 12.2. The molecule has 0 fully saturated rings. The van der Waals surface area contributed by atoms with Crippen LogP contribution in [0.1, 0.15) is 194 Å². The number of rotatable bonds is 34. The summed E-state index contributed by atoms with van der Waals surface area (Å²) in [7, 11) is 0. The van der Waals surface area contributed by atoms with E-state index in [1.165, 1.54) is 128 Å². The molecule has 0 aliphatic carbocycles. The van der Waals surface area contributed by atoms with Crippen LogP contribution in [0.2, 0.25) is 0 Å². The summed E-state index contributed by atoms with van der Waals surface area (Å²) in [5.74, 6) is -0.0870. The Kier molecular flexibility index (Phi) is 34.9. The second kappa shape index (κ2) is 36.1. The molecule has 44 heavy (non-hydrogen) atoms. The van der Waals surface area contributed by atoms with Crippen molar-refractivity contribution >= 4 is 5.91 Å². The highest BCUT2D eigenvalue weighted by Crippen LogP contribution is 2.14. The van der Waals surface area contributed by atoms with Gasteiger partial charge in [-0.05, 0) is 51.4 Å². The molecule has 0 aromatic carbocycles. The highest BCUT2D eigenvalue weighted by atomic mass is 16.3. The average Bonchev–Trinajstić information content (AvgIpc) is 3.03. The summed E-state index contributed by atoms with van der Waals surface area (Å²) in [5, 5.41) is 22.8. The van der Waals surface area contributed by atoms with E-state index in [0.717, 1.165) is 44.9 Å². The fourth-order valence-corrected chi connectivity index (χ4v) is 5.61. The predicted octanol–water partition coefficient (Wildman–Crippen LogP) is 11.5. The Morgan fingerprint density at radius 3 is 1.41 bits per heavy atom. The number of aliphatic hydroxyl groups is 2. The van der Waals surface area contributed by atoms with Crippen molar-refractivity contribution in [1.29, 1.82) is 0 Å². The first-order valence-corrected chi connectivity index (χ1v) is 19.2. The van der Waals surface area contributed by atoms with Crippen LogP contribution in [-0.4, -0.2) is 34.9 Å². The maximum Gasteiger partial charge on any atom is 0.220 e. The van der Waals surface area contributed by atoms with Crippen molar-refractivity contribution in [1.82, 2.24) is 5.32 Å². The van der Waals surface area contributed by atoms with Gasteiger partial charge in [0.15, 0.2) is 0 Å². The van der Waals surface area contributed by atoms with Gasteiger partial charge in [0.25, 0.3) is 0 Å². The van der Waals surface area contributed by atoms with E-state index in [1.54, 1.807) is 6.08 Å². The summed E-state index contributed by atoms with van der Waals surface area (Å²) < 4.78 is 0. The van der Waals surface area contributed by atoms with E-state index in [-0.39, 0.29) is 12.5 Å². The summed E-state index contributed by atoms with van der Waals surface area (Å²) in [6.07, 6.45) is 46.8. The van der Waals surface area contributed by atoms with Crippen molar-refractivity contribution in [3.8, 4) is 0 Å². The number of nitrogens with one attached hydrogen (secondary N) is 1. The Bertz CT molecular complexity index is 672. The largest absolute Gasteiger partial charge is 0.394 e. The Morgan fingerprint density at radius 2 is 0.932 bits per heavy atom. The minimum Gasteiger partial charge on any atom is -0.394 e. The minimum absolute atomic E-state index is 0.0870. The summed E-state index contributed by atoms with van der Waals surface area (Å²) >= 11 is 0. The van der Waals surface area contributed by atoms with Crippen LogP contribution in [0.4, 0.5) is 0 Å². The van der Waals surface area contributed by atoms with Crippen LogP contribution in [0.25, 0.3) is 0 Å². The topological polar surface area (TPSA) is 69.6 Å². The second-order valence-electron chi connectivity index (χ2n) is 13.0. The molecule has 2 atom stereocenters. The molecule has 0 aromatic rings. The van der Waals surface area contributed by atoms with E-state index in [2.05, 4.69) is 43.5 Å². The van der Waals surface area contributed by atoms with Gasteiger partial charge in [0.05, 0.1) is 18.8 Å². The van der Waals surface area contributed by atoms with Gasteiger partial charge in [-0.15, -0.1) is 0 Å². The number of unbranched alkanes of at least 4 members (excludes halogenated alkanes) is 23. The monoisotopic (exact) mass is 618 g/mol. The van der Waals surface area contributed by atoms with Gasteiger partial charge in [-0.2, -0.15) is 0 Å². The summed E-state index contributed by atoms with van der Waals surface area (Å²) in [4.78, 5) is 12.2. The van der Waals surface area contributed by atoms with Gasteiger partial charge in [-0.25, -0.2) is 0 Å². The van der Waals surface area contributed by atoms with Crippen LogP contribution < -0.4 is 5.32 Å². The lowest BCUT2D eigenvalue weighted by molar-refractivity contribution is -0.123. The molecular formula is C40H75NO3. The molecule has 0 aliphatic heterocycles. The first-order valence-electron chi connectivity index (χ1n) is 19.2. The van der Waals surface area contributed by atoms with Crippen molar-refractivity contribution in [2.24, 2.45) is 0 Å². The molecule has 1 amide bonds. The van der Waals surface area contributed by atoms with Crippen LogP contribution in [0.5, 0.6) is 0 Å². The lowest BCUT2D eigenvalue weighted by Gasteiger charge is -2.19. The molecule has 0 heterocycles. The van der Waals surface area contributed by atoms with E-state index in [9.17, 15) is 15.0 Å². The number of hydrogen-bond acceptors (Lipinski definition) is 3.